The topological polar surface area (TPSA) is 26.0 Å². The first-order valence-electron chi connectivity index (χ1n) is 6.00. The van der Waals surface area contributed by atoms with Gasteiger partial charge in [-0.15, -0.1) is 0 Å². The van der Waals surface area contributed by atoms with E-state index in [1.165, 1.54) is 5.56 Å². The summed E-state index contributed by atoms with van der Waals surface area (Å²) in [6.07, 6.45) is 3.02. The molecule has 1 aromatic rings. The van der Waals surface area contributed by atoms with Crippen molar-refractivity contribution >= 4 is 0 Å². The van der Waals surface area contributed by atoms with Crippen molar-refractivity contribution in [1.29, 1.82) is 0 Å². The molecule has 0 bridgehead atoms. The molecule has 1 nitrogen and oxygen atoms in total. The molecule has 1 rings (SSSR count). The Bertz CT molecular complexity index is 351. The summed E-state index contributed by atoms with van der Waals surface area (Å²) in [4.78, 5) is 0. The normalized spacial score (nSPS) is 10.0. The zero-order valence-electron chi connectivity index (χ0n) is 10.3. The van der Waals surface area contributed by atoms with E-state index in [4.69, 9.17) is 5.73 Å². The molecule has 1 aromatic carbocycles. The third-order valence-corrected chi connectivity index (χ3v) is 2.34. The van der Waals surface area contributed by atoms with Crippen LogP contribution in [0.2, 0.25) is 0 Å². The Kier molecular flexibility index (Phi) is 5.67. The number of nitrogens with two attached hydrogens (primary N) is 1. The van der Waals surface area contributed by atoms with Crippen LogP contribution in [0.15, 0.2) is 24.3 Å². The lowest BCUT2D eigenvalue weighted by atomic mass is 10.0. The van der Waals surface area contributed by atoms with E-state index in [2.05, 4.69) is 50.0 Å². The molecule has 2 N–H and O–H groups in total. The van der Waals surface area contributed by atoms with E-state index < -0.39 is 0 Å². The molecule has 0 heterocycles. The third kappa shape index (κ3) is 5.00. The highest BCUT2D eigenvalue weighted by Crippen LogP contribution is 2.09. The van der Waals surface area contributed by atoms with Crippen LogP contribution in [0.25, 0.3) is 0 Å². The van der Waals surface area contributed by atoms with Gasteiger partial charge in [0.25, 0.3) is 0 Å². The summed E-state index contributed by atoms with van der Waals surface area (Å²) in [6.45, 7) is 5.20. The molecule has 0 unspecified atom stereocenters. The van der Waals surface area contributed by atoms with Crippen LogP contribution in [-0.2, 0) is 6.42 Å². The van der Waals surface area contributed by atoms with Crippen LogP contribution in [0.4, 0.5) is 0 Å². The minimum absolute atomic E-state index is 0.710. The highest BCUT2D eigenvalue weighted by molar-refractivity contribution is 5.36. The summed E-state index contributed by atoms with van der Waals surface area (Å²) >= 11 is 0. The number of unbranched alkanes of at least 4 members (excludes halogenated alkanes) is 1. The summed E-state index contributed by atoms with van der Waals surface area (Å²) in [7, 11) is 0. The van der Waals surface area contributed by atoms with Gasteiger partial charge in [0.2, 0.25) is 0 Å². The summed E-state index contributed by atoms with van der Waals surface area (Å²) in [6, 6.07) is 8.56. The van der Waals surface area contributed by atoms with Gasteiger partial charge in [-0.3, -0.25) is 0 Å². The molecule has 0 fully saturated rings. The molecule has 0 saturated heterocycles. The number of hydrogen-bond donors (Lipinski definition) is 1. The second kappa shape index (κ2) is 7.09. The molecule has 0 aliphatic rings. The molecular weight excluding hydrogens is 194 g/mol. The van der Waals surface area contributed by atoms with Crippen molar-refractivity contribution in [3.63, 3.8) is 0 Å². The van der Waals surface area contributed by atoms with E-state index in [-0.39, 0.29) is 0 Å². The molecule has 0 atom stereocenters. The molecule has 0 amide bonds. The van der Waals surface area contributed by atoms with Gasteiger partial charge in [-0.1, -0.05) is 37.8 Å². The van der Waals surface area contributed by atoms with E-state index in [0.29, 0.717) is 5.92 Å². The molecule has 86 valence electrons. The van der Waals surface area contributed by atoms with Gasteiger partial charge in [0.05, 0.1) is 0 Å². The highest BCUT2D eigenvalue weighted by Gasteiger charge is 1.96. The Hall–Kier alpha value is -1.26. The third-order valence-electron chi connectivity index (χ3n) is 2.34. The zero-order chi connectivity index (χ0) is 11.8. The molecule has 1 heteroatoms. The van der Waals surface area contributed by atoms with Gasteiger partial charge in [-0.05, 0) is 43.0 Å². The fourth-order valence-corrected chi connectivity index (χ4v) is 1.55. The van der Waals surface area contributed by atoms with Gasteiger partial charge >= 0.3 is 0 Å². The smallest absolute Gasteiger partial charge is 0.0245 e. The fraction of sp³-hybridized carbons (Fsp3) is 0.467. The summed E-state index contributed by atoms with van der Waals surface area (Å²) in [5, 5.41) is 0. The maximum atomic E-state index is 5.41. The summed E-state index contributed by atoms with van der Waals surface area (Å²) in [5.74, 6) is 7.00. The Morgan fingerprint density at radius 3 is 2.44 bits per heavy atom. The van der Waals surface area contributed by atoms with E-state index in [1.807, 2.05) is 0 Å². The Morgan fingerprint density at radius 2 is 1.88 bits per heavy atom. The average Bonchev–Trinajstić information content (AvgIpc) is 2.26. The lowest BCUT2D eigenvalue weighted by Crippen LogP contribution is -1.96. The van der Waals surface area contributed by atoms with Crippen molar-refractivity contribution in [2.45, 2.75) is 33.1 Å². The van der Waals surface area contributed by atoms with Crippen LogP contribution in [0, 0.1) is 17.8 Å². The molecule has 0 spiro atoms. The fourth-order valence-electron chi connectivity index (χ4n) is 1.55. The van der Waals surface area contributed by atoms with Crippen molar-refractivity contribution in [3.05, 3.63) is 35.4 Å². The van der Waals surface area contributed by atoms with E-state index >= 15 is 0 Å². The molecule has 16 heavy (non-hydrogen) atoms. The Balaban J connectivity index is 2.53. The van der Waals surface area contributed by atoms with Crippen LogP contribution in [-0.4, -0.2) is 6.54 Å². The zero-order valence-corrected chi connectivity index (χ0v) is 10.3. The lowest BCUT2D eigenvalue weighted by molar-refractivity contribution is 0.647. The standard InChI is InChI=1S/C15H21N/c1-13(2)12-15-9-7-14(8-10-15)6-4-3-5-11-16/h7-10,13H,3,5,11-12,16H2,1-2H3. The first-order chi connectivity index (χ1) is 7.72. The molecule has 0 aliphatic heterocycles. The van der Waals surface area contributed by atoms with Crippen molar-refractivity contribution in [3.8, 4) is 11.8 Å². The van der Waals surface area contributed by atoms with Crippen LogP contribution in [0.3, 0.4) is 0 Å². The van der Waals surface area contributed by atoms with Gasteiger partial charge < -0.3 is 5.73 Å². The number of hydrogen-bond acceptors (Lipinski definition) is 1. The van der Waals surface area contributed by atoms with Crippen LogP contribution < -0.4 is 5.73 Å². The van der Waals surface area contributed by atoms with Gasteiger partial charge in [0.15, 0.2) is 0 Å². The predicted octanol–water partition coefficient (Wildman–Crippen LogP) is 2.98. The quantitative estimate of drug-likeness (QED) is 0.606. The largest absolute Gasteiger partial charge is 0.330 e. The van der Waals surface area contributed by atoms with Crippen molar-refractivity contribution < 1.29 is 0 Å². The minimum Gasteiger partial charge on any atom is -0.330 e. The maximum Gasteiger partial charge on any atom is 0.0245 e. The van der Waals surface area contributed by atoms with Gasteiger partial charge in [0.1, 0.15) is 0 Å². The average molecular weight is 215 g/mol. The molecule has 0 aliphatic carbocycles. The first-order valence-corrected chi connectivity index (χ1v) is 6.00. The summed E-state index contributed by atoms with van der Waals surface area (Å²) < 4.78 is 0. The SMILES string of the molecule is CC(C)Cc1ccc(C#CCCCN)cc1. The van der Waals surface area contributed by atoms with Crippen LogP contribution in [0.5, 0.6) is 0 Å². The molecular formula is C15H21N. The van der Waals surface area contributed by atoms with Gasteiger partial charge in [-0.25, -0.2) is 0 Å². The highest BCUT2D eigenvalue weighted by atomic mass is 14.5. The van der Waals surface area contributed by atoms with E-state index in [0.717, 1.165) is 31.4 Å². The van der Waals surface area contributed by atoms with Crippen LogP contribution in [0.1, 0.15) is 37.8 Å². The second-order valence-electron chi connectivity index (χ2n) is 4.49. The molecule has 0 aromatic heterocycles. The predicted molar refractivity (Wildman–Crippen MR) is 70.2 cm³/mol. The molecule has 0 saturated carbocycles. The number of rotatable bonds is 4. The lowest BCUT2D eigenvalue weighted by Gasteiger charge is -2.04. The van der Waals surface area contributed by atoms with Gasteiger partial charge in [0, 0.05) is 12.0 Å². The van der Waals surface area contributed by atoms with Gasteiger partial charge in [-0.2, -0.15) is 0 Å². The summed E-state index contributed by atoms with van der Waals surface area (Å²) in [5.41, 5.74) is 7.90. The van der Waals surface area contributed by atoms with Crippen LogP contribution >= 0.6 is 0 Å². The Morgan fingerprint density at radius 1 is 1.19 bits per heavy atom. The minimum atomic E-state index is 0.710. The van der Waals surface area contributed by atoms with Crippen molar-refractivity contribution in [2.75, 3.05) is 6.54 Å². The van der Waals surface area contributed by atoms with E-state index in [1.54, 1.807) is 0 Å². The number of benzene rings is 1. The van der Waals surface area contributed by atoms with Crippen molar-refractivity contribution in [1.82, 2.24) is 0 Å². The monoisotopic (exact) mass is 215 g/mol. The second-order valence-corrected chi connectivity index (χ2v) is 4.49. The first kappa shape index (κ1) is 12.8. The van der Waals surface area contributed by atoms with Crippen molar-refractivity contribution in [2.24, 2.45) is 11.7 Å². The Labute approximate surface area is 99.1 Å². The molecule has 0 radical (unpaired) electrons. The maximum absolute atomic E-state index is 5.41. The van der Waals surface area contributed by atoms with E-state index in [9.17, 15) is 0 Å².